The van der Waals surface area contributed by atoms with E-state index in [4.69, 9.17) is 9.15 Å². The van der Waals surface area contributed by atoms with Gasteiger partial charge in [0, 0.05) is 13.7 Å². The van der Waals surface area contributed by atoms with Crippen LogP contribution >= 0.6 is 0 Å². The molecule has 0 spiro atoms. The second-order valence-electron chi connectivity index (χ2n) is 4.09. The molecule has 6 heteroatoms. The number of hydrogen-bond acceptors (Lipinski definition) is 4. The van der Waals surface area contributed by atoms with Gasteiger partial charge in [-0.2, -0.15) is 4.31 Å². The number of ether oxygens (including phenoxy) is 1. The van der Waals surface area contributed by atoms with Crippen molar-refractivity contribution in [3.63, 3.8) is 0 Å². The molecule has 0 amide bonds. The summed E-state index contributed by atoms with van der Waals surface area (Å²) in [6.07, 6.45) is 3.27. The summed E-state index contributed by atoms with van der Waals surface area (Å²) in [6, 6.07) is 3.47. The Bertz CT molecular complexity index is 440. The number of sulfonamides is 1. The summed E-state index contributed by atoms with van der Waals surface area (Å²) in [5.74, 6) is 0.754. The third-order valence-electron chi connectivity index (χ3n) is 2.98. The Labute approximate surface area is 101 Å². The first kappa shape index (κ1) is 12.6. The van der Waals surface area contributed by atoms with E-state index in [1.165, 1.54) is 11.4 Å². The van der Waals surface area contributed by atoms with Gasteiger partial charge in [-0.3, -0.25) is 0 Å². The van der Waals surface area contributed by atoms with E-state index >= 15 is 0 Å². The van der Waals surface area contributed by atoms with Crippen LogP contribution in [-0.4, -0.2) is 38.7 Å². The average Bonchev–Trinajstić information content (AvgIpc) is 2.95. The van der Waals surface area contributed by atoms with E-state index in [2.05, 4.69) is 0 Å². The van der Waals surface area contributed by atoms with Crippen molar-refractivity contribution in [3.05, 3.63) is 24.2 Å². The fourth-order valence-electron chi connectivity index (χ4n) is 2.14. The Balaban J connectivity index is 2.14. The quantitative estimate of drug-likeness (QED) is 0.802. The highest BCUT2D eigenvalue weighted by Crippen LogP contribution is 2.34. The van der Waals surface area contributed by atoms with E-state index in [-0.39, 0.29) is 18.4 Å². The van der Waals surface area contributed by atoms with Gasteiger partial charge in [0.2, 0.25) is 10.0 Å². The van der Waals surface area contributed by atoms with E-state index < -0.39 is 10.0 Å². The van der Waals surface area contributed by atoms with Crippen LogP contribution in [0.4, 0.5) is 0 Å². The highest BCUT2D eigenvalue weighted by atomic mass is 32.2. The summed E-state index contributed by atoms with van der Waals surface area (Å²) in [7, 11) is -1.75. The highest BCUT2D eigenvalue weighted by Gasteiger charge is 2.36. The summed E-state index contributed by atoms with van der Waals surface area (Å²) >= 11 is 0. The Morgan fingerprint density at radius 3 is 3.06 bits per heavy atom. The highest BCUT2D eigenvalue weighted by molar-refractivity contribution is 7.89. The lowest BCUT2D eigenvalue weighted by Crippen LogP contribution is -2.33. The van der Waals surface area contributed by atoms with Crippen LogP contribution in [0.5, 0.6) is 0 Å². The van der Waals surface area contributed by atoms with E-state index in [1.807, 2.05) is 6.07 Å². The van der Waals surface area contributed by atoms with Crippen molar-refractivity contribution in [1.82, 2.24) is 4.31 Å². The van der Waals surface area contributed by atoms with E-state index in [0.29, 0.717) is 6.54 Å². The predicted molar refractivity (Wildman–Crippen MR) is 63.1 cm³/mol. The minimum Gasteiger partial charge on any atom is -0.468 e. The van der Waals surface area contributed by atoms with Crippen LogP contribution < -0.4 is 0 Å². The molecule has 1 aliphatic heterocycles. The van der Waals surface area contributed by atoms with Crippen molar-refractivity contribution in [2.75, 3.05) is 26.0 Å². The number of furan rings is 1. The molecule has 1 fully saturated rings. The van der Waals surface area contributed by atoms with E-state index in [0.717, 1.165) is 18.6 Å². The molecule has 0 aromatic carbocycles. The Morgan fingerprint density at radius 2 is 2.41 bits per heavy atom. The molecule has 0 bridgehead atoms. The maximum absolute atomic E-state index is 12.1. The molecule has 0 radical (unpaired) electrons. The summed E-state index contributed by atoms with van der Waals surface area (Å²) in [6.45, 7) is 0.793. The molecule has 1 aliphatic rings. The molecule has 1 atom stereocenters. The van der Waals surface area contributed by atoms with Crippen LogP contribution in [0.2, 0.25) is 0 Å². The van der Waals surface area contributed by atoms with Gasteiger partial charge < -0.3 is 9.15 Å². The van der Waals surface area contributed by atoms with Crippen LogP contribution in [0.1, 0.15) is 24.6 Å². The monoisotopic (exact) mass is 259 g/mol. The van der Waals surface area contributed by atoms with Gasteiger partial charge >= 0.3 is 0 Å². The lowest BCUT2D eigenvalue weighted by molar-refractivity contribution is 0.214. The maximum Gasteiger partial charge on any atom is 0.217 e. The lowest BCUT2D eigenvalue weighted by Gasteiger charge is -2.22. The van der Waals surface area contributed by atoms with Gasteiger partial charge in [0.1, 0.15) is 5.76 Å². The largest absolute Gasteiger partial charge is 0.468 e. The van der Waals surface area contributed by atoms with Crippen molar-refractivity contribution in [2.45, 2.75) is 18.9 Å². The van der Waals surface area contributed by atoms with Gasteiger partial charge in [0.25, 0.3) is 0 Å². The van der Waals surface area contributed by atoms with Crippen LogP contribution in [0.25, 0.3) is 0 Å². The van der Waals surface area contributed by atoms with Gasteiger partial charge in [0.05, 0.1) is 24.7 Å². The standard InChI is InChI=1S/C11H17NO4S/c1-15-8-9-17(13,14)12-6-2-4-10(12)11-5-3-7-16-11/h3,5,7,10H,2,4,6,8-9H2,1H3. The Kier molecular flexibility index (Phi) is 3.86. The molecular weight excluding hydrogens is 242 g/mol. The zero-order chi connectivity index (χ0) is 12.3. The molecular formula is C11H17NO4S. The first-order valence-corrected chi connectivity index (χ1v) is 7.28. The fourth-order valence-corrected chi connectivity index (χ4v) is 3.76. The summed E-state index contributed by atoms with van der Waals surface area (Å²) in [5, 5.41) is 0. The molecule has 96 valence electrons. The van der Waals surface area contributed by atoms with Crippen LogP contribution in [0.3, 0.4) is 0 Å². The molecule has 17 heavy (non-hydrogen) atoms. The minimum absolute atomic E-state index is 0.0285. The number of nitrogens with zero attached hydrogens (tertiary/aromatic N) is 1. The third kappa shape index (κ3) is 2.70. The smallest absolute Gasteiger partial charge is 0.217 e. The third-order valence-corrected chi connectivity index (χ3v) is 4.81. The number of rotatable bonds is 5. The zero-order valence-corrected chi connectivity index (χ0v) is 10.6. The molecule has 2 heterocycles. The summed E-state index contributed by atoms with van der Waals surface area (Å²) in [4.78, 5) is 0. The first-order valence-electron chi connectivity index (χ1n) is 5.67. The van der Waals surface area contributed by atoms with E-state index in [1.54, 1.807) is 12.3 Å². The molecule has 5 nitrogen and oxygen atoms in total. The zero-order valence-electron chi connectivity index (χ0n) is 9.83. The van der Waals surface area contributed by atoms with Gasteiger partial charge in [-0.15, -0.1) is 0 Å². The second kappa shape index (κ2) is 5.20. The van der Waals surface area contributed by atoms with Crippen molar-refractivity contribution >= 4 is 10.0 Å². The Morgan fingerprint density at radius 1 is 1.59 bits per heavy atom. The lowest BCUT2D eigenvalue weighted by atomic mass is 10.2. The fraction of sp³-hybridized carbons (Fsp3) is 0.636. The molecule has 0 saturated carbocycles. The van der Waals surface area contributed by atoms with E-state index in [9.17, 15) is 8.42 Å². The van der Waals surface area contributed by atoms with Gasteiger partial charge in [-0.05, 0) is 25.0 Å². The summed E-state index contributed by atoms with van der Waals surface area (Å²) in [5.41, 5.74) is 0. The molecule has 1 aromatic rings. The normalized spacial score (nSPS) is 22.1. The van der Waals surface area contributed by atoms with Crippen LogP contribution in [0, 0.1) is 0 Å². The molecule has 0 N–H and O–H groups in total. The SMILES string of the molecule is COCCS(=O)(=O)N1CCCC1c1ccco1. The van der Waals surface area contributed by atoms with Crippen molar-refractivity contribution in [1.29, 1.82) is 0 Å². The van der Waals surface area contributed by atoms with Gasteiger partial charge in [0.15, 0.2) is 0 Å². The maximum atomic E-state index is 12.1. The number of methoxy groups -OCH3 is 1. The Hall–Kier alpha value is -0.850. The van der Waals surface area contributed by atoms with Gasteiger partial charge in [-0.25, -0.2) is 8.42 Å². The molecule has 1 unspecified atom stereocenters. The second-order valence-corrected chi connectivity index (χ2v) is 6.13. The van der Waals surface area contributed by atoms with Gasteiger partial charge in [-0.1, -0.05) is 0 Å². The summed E-state index contributed by atoms with van der Waals surface area (Å²) < 4.78 is 35.9. The van der Waals surface area contributed by atoms with Crippen LogP contribution in [-0.2, 0) is 14.8 Å². The molecule has 0 aliphatic carbocycles. The predicted octanol–water partition coefficient (Wildman–Crippen LogP) is 1.39. The first-order chi connectivity index (χ1) is 8.15. The van der Waals surface area contributed by atoms with Crippen molar-refractivity contribution in [2.24, 2.45) is 0 Å². The van der Waals surface area contributed by atoms with Crippen molar-refractivity contribution in [3.8, 4) is 0 Å². The van der Waals surface area contributed by atoms with Crippen molar-refractivity contribution < 1.29 is 17.6 Å². The minimum atomic E-state index is -3.25. The topological polar surface area (TPSA) is 59.8 Å². The average molecular weight is 259 g/mol. The molecule has 2 rings (SSSR count). The molecule has 1 aromatic heterocycles. The number of hydrogen-bond donors (Lipinski definition) is 0. The molecule has 1 saturated heterocycles. The van der Waals surface area contributed by atoms with Crippen LogP contribution in [0.15, 0.2) is 22.8 Å².